The van der Waals surface area contributed by atoms with Gasteiger partial charge in [-0.15, -0.1) is 0 Å². The predicted molar refractivity (Wildman–Crippen MR) is 68.6 cm³/mol. The number of hydrogen-bond donors (Lipinski definition) is 1. The van der Waals surface area contributed by atoms with Crippen LogP contribution >= 0.6 is 27.7 Å². The zero-order valence-corrected chi connectivity index (χ0v) is 11.0. The highest BCUT2D eigenvalue weighted by Crippen LogP contribution is 2.19. The Morgan fingerprint density at radius 1 is 1.43 bits per heavy atom. The van der Waals surface area contributed by atoms with Crippen LogP contribution in [0.25, 0.3) is 0 Å². The molecule has 0 spiro atoms. The fourth-order valence-electron chi connectivity index (χ4n) is 1.06. The van der Waals surface area contributed by atoms with E-state index in [1.54, 1.807) is 0 Å². The summed E-state index contributed by atoms with van der Waals surface area (Å²) in [6, 6.07) is 8.40. The molecule has 0 amide bonds. The van der Waals surface area contributed by atoms with Crippen LogP contribution < -0.4 is 5.73 Å². The SMILES string of the molecule is CC(C)(N)CSCc1cccc(Br)c1. The molecule has 0 aromatic heterocycles. The Kier molecular flexibility index (Phi) is 4.48. The summed E-state index contributed by atoms with van der Waals surface area (Å²) in [7, 11) is 0. The quantitative estimate of drug-likeness (QED) is 0.910. The lowest BCUT2D eigenvalue weighted by Crippen LogP contribution is -2.34. The van der Waals surface area contributed by atoms with Gasteiger partial charge in [0.2, 0.25) is 0 Å². The van der Waals surface area contributed by atoms with E-state index in [-0.39, 0.29) is 5.54 Å². The first-order valence-electron chi connectivity index (χ1n) is 4.58. The van der Waals surface area contributed by atoms with Crippen LogP contribution in [-0.4, -0.2) is 11.3 Å². The third-order valence-corrected chi connectivity index (χ3v) is 3.61. The fourth-order valence-corrected chi connectivity index (χ4v) is 2.55. The Labute approximate surface area is 98.6 Å². The predicted octanol–water partition coefficient (Wildman–Crippen LogP) is 3.42. The van der Waals surface area contributed by atoms with Crippen molar-refractivity contribution in [2.24, 2.45) is 5.73 Å². The largest absolute Gasteiger partial charge is 0.325 e. The van der Waals surface area contributed by atoms with E-state index in [4.69, 9.17) is 5.73 Å². The van der Waals surface area contributed by atoms with Crippen LogP contribution in [0.5, 0.6) is 0 Å². The molecule has 3 heteroatoms. The van der Waals surface area contributed by atoms with Gasteiger partial charge < -0.3 is 5.73 Å². The molecular weight excluding hydrogens is 258 g/mol. The minimum absolute atomic E-state index is 0.0727. The molecule has 0 heterocycles. The summed E-state index contributed by atoms with van der Waals surface area (Å²) in [6.45, 7) is 4.11. The Balaban J connectivity index is 2.39. The van der Waals surface area contributed by atoms with Crippen LogP contribution in [0.15, 0.2) is 28.7 Å². The molecule has 1 aromatic rings. The lowest BCUT2D eigenvalue weighted by Gasteiger charge is -2.17. The first-order chi connectivity index (χ1) is 6.47. The summed E-state index contributed by atoms with van der Waals surface area (Å²) in [5.41, 5.74) is 7.17. The summed E-state index contributed by atoms with van der Waals surface area (Å²) >= 11 is 5.34. The van der Waals surface area contributed by atoms with Gasteiger partial charge in [-0.3, -0.25) is 0 Å². The van der Waals surface area contributed by atoms with Crippen molar-refractivity contribution < 1.29 is 0 Å². The molecule has 0 atom stereocenters. The minimum atomic E-state index is -0.0727. The maximum Gasteiger partial charge on any atom is 0.0188 e. The van der Waals surface area contributed by atoms with Crippen molar-refractivity contribution in [3.05, 3.63) is 34.3 Å². The molecule has 1 nitrogen and oxygen atoms in total. The molecule has 0 aliphatic heterocycles. The number of thioether (sulfide) groups is 1. The van der Waals surface area contributed by atoms with Crippen LogP contribution in [0, 0.1) is 0 Å². The van der Waals surface area contributed by atoms with Crippen molar-refractivity contribution in [3.63, 3.8) is 0 Å². The van der Waals surface area contributed by atoms with Crippen molar-refractivity contribution in [1.29, 1.82) is 0 Å². The van der Waals surface area contributed by atoms with Crippen molar-refractivity contribution in [2.45, 2.75) is 25.1 Å². The molecule has 0 fully saturated rings. The van der Waals surface area contributed by atoms with E-state index in [1.807, 2.05) is 17.8 Å². The molecule has 1 aromatic carbocycles. The summed E-state index contributed by atoms with van der Waals surface area (Å²) in [4.78, 5) is 0. The molecule has 0 aliphatic rings. The van der Waals surface area contributed by atoms with Gasteiger partial charge in [0.15, 0.2) is 0 Å². The van der Waals surface area contributed by atoms with Crippen LogP contribution in [0.1, 0.15) is 19.4 Å². The molecule has 2 N–H and O–H groups in total. The maximum absolute atomic E-state index is 5.90. The molecule has 0 aliphatic carbocycles. The highest BCUT2D eigenvalue weighted by Gasteiger charge is 2.09. The Morgan fingerprint density at radius 2 is 2.14 bits per heavy atom. The fraction of sp³-hybridized carbons (Fsp3) is 0.455. The standard InChI is InChI=1S/C11H16BrNS/c1-11(2,13)8-14-7-9-4-3-5-10(12)6-9/h3-6H,7-8,13H2,1-2H3. The van der Waals surface area contributed by atoms with Gasteiger partial charge in [0.05, 0.1) is 0 Å². The van der Waals surface area contributed by atoms with E-state index in [1.165, 1.54) is 5.56 Å². The molecule has 0 saturated carbocycles. The topological polar surface area (TPSA) is 26.0 Å². The molecule has 0 saturated heterocycles. The molecule has 14 heavy (non-hydrogen) atoms. The monoisotopic (exact) mass is 273 g/mol. The van der Waals surface area contributed by atoms with Gasteiger partial charge in [-0.2, -0.15) is 11.8 Å². The molecule has 78 valence electrons. The summed E-state index contributed by atoms with van der Waals surface area (Å²) in [6.07, 6.45) is 0. The highest BCUT2D eigenvalue weighted by atomic mass is 79.9. The van der Waals surface area contributed by atoms with Crippen molar-refractivity contribution >= 4 is 27.7 Å². The Hall–Kier alpha value is 0.01000. The molecule has 1 rings (SSSR count). The number of rotatable bonds is 4. The average molecular weight is 274 g/mol. The summed E-state index contributed by atoms with van der Waals surface area (Å²) < 4.78 is 1.14. The normalized spacial score (nSPS) is 11.7. The zero-order valence-electron chi connectivity index (χ0n) is 8.59. The number of benzene rings is 1. The Morgan fingerprint density at radius 3 is 2.71 bits per heavy atom. The minimum Gasteiger partial charge on any atom is -0.325 e. The third-order valence-electron chi connectivity index (χ3n) is 1.63. The van der Waals surface area contributed by atoms with Crippen LogP contribution in [0.2, 0.25) is 0 Å². The van der Waals surface area contributed by atoms with E-state index in [0.29, 0.717) is 0 Å². The van der Waals surface area contributed by atoms with Gasteiger partial charge >= 0.3 is 0 Å². The smallest absolute Gasteiger partial charge is 0.0188 e. The third kappa shape index (κ3) is 5.03. The zero-order chi connectivity index (χ0) is 10.6. The van der Waals surface area contributed by atoms with Gasteiger partial charge in [-0.05, 0) is 31.5 Å². The van der Waals surface area contributed by atoms with Gasteiger partial charge in [0, 0.05) is 21.5 Å². The first kappa shape index (κ1) is 12.1. The maximum atomic E-state index is 5.90. The van der Waals surface area contributed by atoms with E-state index < -0.39 is 0 Å². The van der Waals surface area contributed by atoms with Crippen LogP contribution in [0.3, 0.4) is 0 Å². The average Bonchev–Trinajstić information content (AvgIpc) is 2.01. The van der Waals surface area contributed by atoms with Crippen LogP contribution in [-0.2, 0) is 5.75 Å². The second-order valence-electron chi connectivity index (χ2n) is 4.11. The van der Waals surface area contributed by atoms with E-state index in [2.05, 4.69) is 48.0 Å². The summed E-state index contributed by atoms with van der Waals surface area (Å²) in [5.74, 6) is 2.01. The lowest BCUT2D eigenvalue weighted by molar-refractivity contribution is 0.591. The summed E-state index contributed by atoms with van der Waals surface area (Å²) in [5, 5.41) is 0. The van der Waals surface area contributed by atoms with Gasteiger partial charge in [-0.25, -0.2) is 0 Å². The van der Waals surface area contributed by atoms with E-state index in [9.17, 15) is 0 Å². The highest BCUT2D eigenvalue weighted by molar-refractivity contribution is 9.10. The van der Waals surface area contributed by atoms with Gasteiger partial charge in [-0.1, -0.05) is 28.1 Å². The van der Waals surface area contributed by atoms with Gasteiger partial charge in [0.25, 0.3) is 0 Å². The van der Waals surface area contributed by atoms with E-state index in [0.717, 1.165) is 16.0 Å². The molecule has 0 radical (unpaired) electrons. The Bertz CT molecular complexity index is 294. The first-order valence-corrected chi connectivity index (χ1v) is 6.53. The second kappa shape index (κ2) is 5.19. The van der Waals surface area contributed by atoms with Crippen molar-refractivity contribution in [3.8, 4) is 0 Å². The number of halogens is 1. The molecular formula is C11H16BrNS. The van der Waals surface area contributed by atoms with E-state index >= 15 is 0 Å². The lowest BCUT2D eigenvalue weighted by atomic mass is 10.1. The van der Waals surface area contributed by atoms with Crippen molar-refractivity contribution in [2.75, 3.05) is 5.75 Å². The van der Waals surface area contributed by atoms with Gasteiger partial charge in [0.1, 0.15) is 0 Å². The molecule has 0 unspecified atom stereocenters. The van der Waals surface area contributed by atoms with Crippen LogP contribution in [0.4, 0.5) is 0 Å². The molecule has 0 bridgehead atoms. The number of nitrogens with two attached hydrogens (primary N) is 1. The number of hydrogen-bond acceptors (Lipinski definition) is 2. The second-order valence-corrected chi connectivity index (χ2v) is 6.01. The van der Waals surface area contributed by atoms with Crippen molar-refractivity contribution in [1.82, 2.24) is 0 Å².